The molecule has 0 nitrogen and oxygen atoms in total. The number of rotatable bonds is 2. The lowest BCUT2D eigenvalue weighted by Gasteiger charge is -2.10. The van der Waals surface area contributed by atoms with Gasteiger partial charge < -0.3 is 0 Å². The van der Waals surface area contributed by atoms with Crippen LogP contribution in [0, 0.1) is 0 Å². The van der Waals surface area contributed by atoms with Gasteiger partial charge in [-0.1, -0.05) is 54.6 Å². The molecule has 0 aliphatic heterocycles. The lowest BCUT2D eigenvalue weighted by Crippen LogP contribution is -1.82. The van der Waals surface area contributed by atoms with E-state index >= 15 is 0 Å². The predicted molar refractivity (Wildman–Crippen MR) is 108 cm³/mol. The van der Waals surface area contributed by atoms with E-state index in [1.54, 1.807) is 11.3 Å². The molecule has 2 heteroatoms. The van der Waals surface area contributed by atoms with Gasteiger partial charge in [0.25, 0.3) is 0 Å². The van der Waals surface area contributed by atoms with Crippen molar-refractivity contribution in [3.05, 3.63) is 84.2 Å². The first-order valence-electron chi connectivity index (χ1n) is 7.95. The molecule has 2 aromatic heterocycles. The minimum absolute atomic E-state index is 1.30. The van der Waals surface area contributed by atoms with E-state index in [1.807, 2.05) is 11.3 Å². The van der Waals surface area contributed by atoms with Crippen molar-refractivity contribution in [2.45, 2.75) is 0 Å². The monoisotopic (exact) mass is 342 g/mol. The Bertz CT molecular complexity index is 1090. The third-order valence-electron chi connectivity index (χ3n) is 4.39. The number of hydrogen-bond donors (Lipinski definition) is 0. The number of hydrogen-bond acceptors (Lipinski definition) is 2. The van der Waals surface area contributed by atoms with E-state index in [2.05, 4.69) is 84.2 Å². The first kappa shape index (κ1) is 14.0. The van der Waals surface area contributed by atoms with Crippen molar-refractivity contribution in [1.29, 1.82) is 0 Å². The van der Waals surface area contributed by atoms with E-state index in [0.29, 0.717) is 0 Å². The van der Waals surface area contributed by atoms with Crippen LogP contribution < -0.4 is 0 Å². The lowest BCUT2D eigenvalue weighted by atomic mass is 9.96. The minimum Gasteiger partial charge on any atom is -0.143 e. The molecule has 0 saturated carbocycles. The Morgan fingerprint density at radius 3 is 1.88 bits per heavy atom. The third-order valence-corrected chi connectivity index (χ3v) is 6.56. The third kappa shape index (κ3) is 2.19. The van der Waals surface area contributed by atoms with Gasteiger partial charge in [-0.3, -0.25) is 0 Å². The van der Waals surface area contributed by atoms with Crippen LogP contribution in [0.1, 0.15) is 0 Å². The molecule has 5 rings (SSSR count). The highest BCUT2D eigenvalue weighted by molar-refractivity contribution is 7.23. The Balaban J connectivity index is 1.84. The summed E-state index contributed by atoms with van der Waals surface area (Å²) in [6.45, 7) is 0. The molecule has 3 aromatic carbocycles. The van der Waals surface area contributed by atoms with E-state index in [-0.39, 0.29) is 0 Å². The van der Waals surface area contributed by atoms with Gasteiger partial charge in [-0.05, 0) is 51.2 Å². The molecule has 0 bridgehead atoms. The summed E-state index contributed by atoms with van der Waals surface area (Å²) in [5.74, 6) is 0. The smallest absolute Gasteiger partial charge is 0.0449 e. The Labute approximate surface area is 148 Å². The van der Waals surface area contributed by atoms with Gasteiger partial charge in [0, 0.05) is 20.2 Å². The molecule has 0 amide bonds. The molecule has 24 heavy (non-hydrogen) atoms. The summed E-state index contributed by atoms with van der Waals surface area (Å²) in [4.78, 5) is 4.03. The molecule has 0 saturated heterocycles. The van der Waals surface area contributed by atoms with Crippen LogP contribution in [0.2, 0.25) is 0 Å². The van der Waals surface area contributed by atoms with E-state index in [0.717, 1.165) is 0 Å². The minimum atomic E-state index is 1.30. The molecule has 0 radical (unpaired) electrons. The summed E-state index contributed by atoms with van der Waals surface area (Å²) < 4.78 is 0. The van der Waals surface area contributed by atoms with Gasteiger partial charge in [-0.15, -0.1) is 22.7 Å². The van der Waals surface area contributed by atoms with E-state index in [1.165, 1.54) is 41.7 Å². The van der Waals surface area contributed by atoms with Crippen LogP contribution in [0.4, 0.5) is 0 Å². The van der Waals surface area contributed by atoms with Gasteiger partial charge in [0.05, 0.1) is 0 Å². The second-order valence-electron chi connectivity index (χ2n) is 5.84. The van der Waals surface area contributed by atoms with Crippen LogP contribution in [0.15, 0.2) is 84.2 Å². The zero-order chi connectivity index (χ0) is 15.9. The fourth-order valence-corrected chi connectivity index (χ4v) is 5.22. The van der Waals surface area contributed by atoms with Crippen LogP contribution in [0.25, 0.3) is 41.7 Å². The van der Waals surface area contributed by atoms with Crippen molar-refractivity contribution in [2.24, 2.45) is 0 Å². The molecule has 0 fully saturated rings. The van der Waals surface area contributed by atoms with Crippen LogP contribution in [0.5, 0.6) is 0 Å². The molecule has 0 aliphatic rings. The maximum atomic E-state index is 2.29. The summed E-state index contributed by atoms with van der Waals surface area (Å²) in [7, 11) is 0. The SMILES string of the molecule is c1csc(-c2ccc(-c3c4ccccc4cc4ccccc34)s2)c1. The fourth-order valence-electron chi connectivity index (χ4n) is 3.30. The van der Waals surface area contributed by atoms with E-state index < -0.39 is 0 Å². The van der Waals surface area contributed by atoms with Gasteiger partial charge in [-0.25, -0.2) is 0 Å². The summed E-state index contributed by atoms with van der Waals surface area (Å²) >= 11 is 3.69. The van der Waals surface area contributed by atoms with Crippen molar-refractivity contribution in [3.63, 3.8) is 0 Å². The van der Waals surface area contributed by atoms with Crippen molar-refractivity contribution in [3.8, 4) is 20.2 Å². The predicted octanol–water partition coefficient (Wildman–Crippen LogP) is 7.45. The quantitative estimate of drug-likeness (QED) is 0.292. The highest BCUT2D eigenvalue weighted by Gasteiger charge is 2.12. The van der Waals surface area contributed by atoms with Gasteiger partial charge in [0.1, 0.15) is 0 Å². The van der Waals surface area contributed by atoms with Gasteiger partial charge in [-0.2, -0.15) is 0 Å². The maximum Gasteiger partial charge on any atom is 0.0449 e. The zero-order valence-electron chi connectivity index (χ0n) is 12.9. The first-order chi connectivity index (χ1) is 11.9. The molecule has 5 aromatic rings. The summed E-state index contributed by atoms with van der Waals surface area (Å²) in [6.07, 6.45) is 0. The first-order valence-corrected chi connectivity index (χ1v) is 9.64. The largest absolute Gasteiger partial charge is 0.143 e. The van der Waals surface area contributed by atoms with E-state index in [9.17, 15) is 0 Å². The number of thiophene rings is 2. The van der Waals surface area contributed by atoms with Crippen LogP contribution >= 0.6 is 22.7 Å². The van der Waals surface area contributed by atoms with Crippen molar-refractivity contribution in [1.82, 2.24) is 0 Å². The molecule has 0 spiro atoms. The lowest BCUT2D eigenvalue weighted by molar-refractivity contribution is 1.75. The highest BCUT2D eigenvalue weighted by Crippen LogP contribution is 2.42. The van der Waals surface area contributed by atoms with Crippen molar-refractivity contribution in [2.75, 3.05) is 0 Å². The van der Waals surface area contributed by atoms with Crippen LogP contribution in [-0.2, 0) is 0 Å². The molecular formula is C22H14S2. The van der Waals surface area contributed by atoms with Crippen LogP contribution in [0.3, 0.4) is 0 Å². The maximum absolute atomic E-state index is 2.29. The summed E-state index contributed by atoms with van der Waals surface area (Å²) in [5, 5.41) is 7.41. The normalized spacial score (nSPS) is 11.3. The van der Waals surface area contributed by atoms with E-state index in [4.69, 9.17) is 0 Å². The number of benzene rings is 3. The topological polar surface area (TPSA) is 0 Å². The molecule has 0 atom stereocenters. The average Bonchev–Trinajstić information content (AvgIpc) is 3.31. The second-order valence-corrected chi connectivity index (χ2v) is 7.87. The average molecular weight is 342 g/mol. The van der Waals surface area contributed by atoms with Crippen molar-refractivity contribution < 1.29 is 0 Å². The summed E-state index contributed by atoms with van der Waals surface area (Å²) in [6, 6.07) is 28.5. The van der Waals surface area contributed by atoms with Gasteiger partial charge in [0.2, 0.25) is 0 Å². The standard InChI is InChI=1S/C22H14S2/c1-3-8-17-15(6-1)14-16-7-2-4-9-18(16)22(17)21-12-11-20(24-21)19-10-5-13-23-19/h1-14H. The molecule has 0 aliphatic carbocycles. The molecule has 0 unspecified atom stereocenters. The molecule has 114 valence electrons. The van der Waals surface area contributed by atoms with Crippen molar-refractivity contribution >= 4 is 44.2 Å². The van der Waals surface area contributed by atoms with Gasteiger partial charge >= 0.3 is 0 Å². The Morgan fingerprint density at radius 1 is 0.542 bits per heavy atom. The highest BCUT2D eigenvalue weighted by atomic mass is 32.1. The zero-order valence-corrected chi connectivity index (χ0v) is 14.5. The fraction of sp³-hybridized carbons (Fsp3) is 0. The van der Waals surface area contributed by atoms with Gasteiger partial charge in [0.15, 0.2) is 0 Å². The summed E-state index contributed by atoms with van der Waals surface area (Å²) in [5.41, 5.74) is 1.36. The Hall–Kier alpha value is -2.42. The Morgan fingerprint density at radius 2 is 1.21 bits per heavy atom. The molecule has 2 heterocycles. The molecule has 0 N–H and O–H groups in total. The second kappa shape index (κ2) is 5.59. The molecular weight excluding hydrogens is 328 g/mol. The Kier molecular flexibility index (Phi) is 3.25. The number of fused-ring (bicyclic) bond motifs is 2. The van der Waals surface area contributed by atoms with Crippen LogP contribution in [-0.4, -0.2) is 0 Å².